The number of para-hydroxylation sites is 1. The number of carbonyl (C=O) groups excluding carboxylic acids is 1. The zero-order valence-corrected chi connectivity index (χ0v) is 11.3. The lowest BCUT2D eigenvalue weighted by Gasteiger charge is -2.19. The average Bonchev–Trinajstić information content (AvgIpc) is 2.78. The smallest absolute Gasteiger partial charge is 0.340 e. The molecular weight excluding hydrogens is 244 g/mol. The fourth-order valence-corrected chi connectivity index (χ4v) is 2.20. The number of anilines is 2. The molecule has 104 valence electrons. The molecule has 0 amide bonds. The molecule has 0 bridgehead atoms. The third kappa shape index (κ3) is 2.98. The van der Waals surface area contributed by atoms with E-state index in [-0.39, 0.29) is 18.1 Å². The molecule has 5 nitrogen and oxygen atoms in total. The number of nitrogen functional groups attached to an aromatic ring is 1. The van der Waals surface area contributed by atoms with E-state index in [2.05, 4.69) is 5.32 Å². The topological polar surface area (TPSA) is 73.6 Å². The van der Waals surface area contributed by atoms with Gasteiger partial charge in [-0.2, -0.15) is 0 Å². The maximum Gasteiger partial charge on any atom is 0.340 e. The highest BCUT2D eigenvalue weighted by molar-refractivity contribution is 5.98. The first-order valence-electron chi connectivity index (χ1n) is 6.57. The monoisotopic (exact) mass is 264 g/mol. The van der Waals surface area contributed by atoms with Gasteiger partial charge in [-0.1, -0.05) is 6.07 Å². The second-order valence-corrected chi connectivity index (χ2v) is 4.60. The molecule has 19 heavy (non-hydrogen) atoms. The molecule has 2 atom stereocenters. The van der Waals surface area contributed by atoms with E-state index >= 15 is 0 Å². The van der Waals surface area contributed by atoms with Crippen LogP contribution < -0.4 is 11.1 Å². The fourth-order valence-electron chi connectivity index (χ4n) is 2.20. The van der Waals surface area contributed by atoms with E-state index in [1.807, 2.05) is 13.0 Å². The Morgan fingerprint density at radius 1 is 1.58 bits per heavy atom. The van der Waals surface area contributed by atoms with Crippen LogP contribution in [0.2, 0.25) is 0 Å². The SMILES string of the molecule is CCOC(=O)c1cccc(NC2CCOC2C)c1N. The van der Waals surface area contributed by atoms with Crippen LogP contribution in [0.25, 0.3) is 0 Å². The van der Waals surface area contributed by atoms with Crippen LogP contribution in [0.1, 0.15) is 30.6 Å². The highest BCUT2D eigenvalue weighted by atomic mass is 16.5. The van der Waals surface area contributed by atoms with Crippen molar-refractivity contribution in [3.8, 4) is 0 Å². The van der Waals surface area contributed by atoms with E-state index in [1.54, 1.807) is 19.1 Å². The normalized spacial score (nSPS) is 22.2. The zero-order valence-electron chi connectivity index (χ0n) is 11.3. The molecule has 0 saturated carbocycles. The number of ether oxygens (including phenoxy) is 2. The van der Waals surface area contributed by atoms with Crippen LogP contribution in [-0.2, 0) is 9.47 Å². The van der Waals surface area contributed by atoms with Crippen LogP contribution in [0.3, 0.4) is 0 Å². The van der Waals surface area contributed by atoms with Gasteiger partial charge in [-0.25, -0.2) is 4.79 Å². The Balaban J connectivity index is 2.17. The predicted molar refractivity (Wildman–Crippen MR) is 74.3 cm³/mol. The number of hydrogen-bond donors (Lipinski definition) is 2. The fraction of sp³-hybridized carbons (Fsp3) is 0.500. The molecule has 0 aromatic heterocycles. The van der Waals surface area contributed by atoms with E-state index in [1.165, 1.54) is 0 Å². The second kappa shape index (κ2) is 5.93. The van der Waals surface area contributed by atoms with Crippen molar-refractivity contribution in [2.24, 2.45) is 0 Å². The van der Waals surface area contributed by atoms with Crippen LogP contribution in [-0.4, -0.2) is 31.3 Å². The van der Waals surface area contributed by atoms with Gasteiger partial charge in [0.15, 0.2) is 0 Å². The van der Waals surface area contributed by atoms with Gasteiger partial charge in [0.1, 0.15) is 0 Å². The van der Waals surface area contributed by atoms with Crippen molar-refractivity contribution >= 4 is 17.3 Å². The molecule has 5 heteroatoms. The lowest BCUT2D eigenvalue weighted by atomic mass is 10.1. The van der Waals surface area contributed by atoms with Crippen LogP contribution in [0, 0.1) is 0 Å². The number of benzene rings is 1. The van der Waals surface area contributed by atoms with Crippen molar-refractivity contribution in [3.05, 3.63) is 23.8 Å². The van der Waals surface area contributed by atoms with E-state index in [4.69, 9.17) is 15.2 Å². The van der Waals surface area contributed by atoms with Gasteiger partial charge in [0.25, 0.3) is 0 Å². The molecule has 0 spiro atoms. The molecule has 3 N–H and O–H groups in total. The summed E-state index contributed by atoms with van der Waals surface area (Å²) in [6.07, 6.45) is 1.08. The van der Waals surface area contributed by atoms with Crippen molar-refractivity contribution in [3.63, 3.8) is 0 Å². The molecule has 1 fully saturated rings. The van der Waals surface area contributed by atoms with Gasteiger partial charge in [-0.3, -0.25) is 0 Å². The molecule has 2 rings (SSSR count). The number of nitrogens with one attached hydrogen (secondary N) is 1. The summed E-state index contributed by atoms with van der Waals surface area (Å²) < 4.78 is 10.5. The number of carbonyl (C=O) groups is 1. The highest BCUT2D eigenvalue weighted by Crippen LogP contribution is 2.27. The Hall–Kier alpha value is -1.75. The molecule has 2 unspecified atom stereocenters. The van der Waals surface area contributed by atoms with Gasteiger partial charge < -0.3 is 20.5 Å². The molecule has 1 aliphatic rings. The second-order valence-electron chi connectivity index (χ2n) is 4.60. The summed E-state index contributed by atoms with van der Waals surface area (Å²) in [4.78, 5) is 11.8. The first-order valence-corrected chi connectivity index (χ1v) is 6.57. The Bertz CT molecular complexity index is 462. The van der Waals surface area contributed by atoms with Crippen LogP contribution in [0.15, 0.2) is 18.2 Å². The largest absolute Gasteiger partial charge is 0.462 e. The quantitative estimate of drug-likeness (QED) is 0.643. The number of rotatable bonds is 4. The van der Waals surface area contributed by atoms with E-state index in [0.717, 1.165) is 18.7 Å². The van der Waals surface area contributed by atoms with Crippen LogP contribution in [0.4, 0.5) is 11.4 Å². The average molecular weight is 264 g/mol. The van der Waals surface area contributed by atoms with Crippen molar-refractivity contribution in [1.29, 1.82) is 0 Å². The van der Waals surface area contributed by atoms with Gasteiger partial charge in [-0.05, 0) is 32.4 Å². The summed E-state index contributed by atoms with van der Waals surface area (Å²) >= 11 is 0. The van der Waals surface area contributed by atoms with Crippen LogP contribution >= 0.6 is 0 Å². The summed E-state index contributed by atoms with van der Waals surface area (Å²) in [5, 5.41) is 3.34. The minimum atomic E-state index is -0.389. The summed E-state index contributed by atoms with van der Waals surface area (Å²) in [6.45, 7) is 4.88. The maximum absolute atomic E-state index is 11.8. The summed E-state index contributed by atoms with van der Waals surface area (Å²) in [5.74, 6) is -0.389. The standard InChI is InChI=1S/C14H20N2O3/c1-3-18-14(17)10-5-4-6-12(13(10)15)16-11-7-8-19-9(11)2/h4-6,9,11,16H,3,7-8,15H2,1-2H3. The molecule has 0 radical (unpaired) electrons. The number of esters is 1. The van der Waals surface area contributed by atoms with Crippen molar-refractivity contribution in [2.45, 2.75) is 32.4 Å². The summed E-state index contributed by atoms with van der Waals surface area (Å²) in [7, 11) is 0. The van der Waals surface area contributed by atoms with Gasteiger partial charge in [0.2, 0.25) is 0 Å². The Morgan fingerprint density at radius 2 is 2.37 bits per heavy atom. The first kappa shape index (κ1) is 13.7. The van der Waals surface area contributed by atoms with Crippen molar-refractivity contribution in [1.82, 2.24) is 0 Å². The lowest BCUT2D eigenvalue weighted by molar-refractivity contribution is 0.0527. The van der Waals surface area contributed by atoms with Crippen molar-refractivity contribution < 1.29 is 14.3 Å². The third-order valence-corrected chi connectivity index (χ3v) is 3.32. The first-order chi connectivity index (χ1) is 9.13. The molecule has 1 aromatic carbocycles. The van der Waals surface area contributed by atoms with Gasteiger partial charge in [-0.15, -0.1) is 0 Å². The lowest BCUT2D eigenvalue weighted by Crippen LogP contribution is -2.27. The van der Waals surface area contributed by atoms with Crippen molar-refractivity contribution in [2.75, 3.05) is 24.3 Å². The van der Waals surface area contributed by atoms with Crippen LogP contribution in [0.5, 0.6) is 0 Å². The third-order valence-electron chi connectivity index (χ3n) is 3.32. The minimum Gasteiger partial charge on any atom is -0.462 e. The molecule has 1 aromatic rings. The minimum absolute atomic E-state index is 0.144. The van der Waals surface area contributed by atoms with Gasteiger partial charge in [0, 0.05) is 6.61 Å². The summed E-state index contributed by atoms with van der Waals surface area (Å²) in [5.41, 5.74) is 7.62. The Kier molecular flexibility index (Phi) is 4.27. The van der Waals surface area contributed by atoms with E-state index in [0.29, 0.717) is 17.9 Å². The maximum atomic E-state index is 11.8. The molecule has 1 heterocycles. The zero-order chi connectivity index (χ0) is 13.8. The highest BCUT2D eigenvalue weighted by Gasteiger charge is 2.25. The molecule has 1 aliphatic heterocycles. The number of nitrogens with two attached hydrogens (primary N) is 1. The molecule has 1 saturated heterocycles. The Labute approximate surface area is 113 Å². The van der Waals surface area contributed by atoms with Gasteiger partial charge in [0.05, 0.1) is 35.7 Å². The predicted octanol–water partition coefficient (Wildman–Crippen LogP) is 2.03. The molecule has 0 aliphatic carbocycles. The Morgan fingerprint density at radius 3 is 3.00 bits per heavy atom. The van der Waals surface area contributed by atoms with E-state index < -0.39 is 0 Å². The number of hydrogen-bond acceptors (Lipinski definition) is 5. The van der Waals surface area contributed by atoms with E-state index in [9.17, 15) is 4.79 Å². The molecular formula is C14H20N2O3. The van der Waals surface area contributed by atoms with Gasteiger partial charge >= 0.3 is 5.97 Å². The summed E-state index contributed by atoms with van der Waals surface area (Å²) in [6, 6.07) is 5.56.